The lowest BCUT2D eigenvalue weighted by atomic mass is 10.1. The lowest BCUT2D eigenvalue weighted by Gasteiger charge is -2.06. The molecule has 0 aliphatic carbocycles. The molecule has 0 aliphatic rings. The summed E-state index contributed by atoms with van der Waals surface area (Å²) in [6, 6.07) is 18.6. The number of benzene rings is 2. The fourth-order valence-corrected chi connectivity index (χ4v) is 2.87. The van der Waals surface area contributed by atoms with Crippen LogP contribution in [0.25, 0.3) is 10.4 Å². The normalized spacial score (nSPS) is 9.95. The summed E-state index contributed by atoms with van der Waals surface area (Å²) in [6.45, 7) is 0. The van der Waals surface area contributed by atoms with Crippen molar-refractivity contribution in [2.75, 3.05) is 5.32 Å². The highest BCUT2D eigenvalue weighted by Gasteiger charge is 2.17. The highest BCUT2D eigenvalue weighted by Crippen LogP contribution is 2.28. The van der Waals surface area contributed by atoms with Crippen LogP contribution < -0.4 is 5.32 Å². The second kappa shape index (κ2) is 6.20. The van der Waals surface area contributed by atoms with Crippen LogP contribution in [0.1, 0.15) is 16.1 Å². The number of nitriles is 1. The van der Waals surface area contributed by atoms with Crippen molar-refractivity contribution in [2.45, 2.75) is 0 Å². The molecule has 1 heterocycles. The molecule has 0 saturated heterocycles. The van der Waals surface area contributed by atoms with Gasteiger partial charge in [0.1, 0.15) is 11.8 Å². The maximum absolute atomic E-state index is 12.5. The van der Waals surface area contributed by atoms with Gasteiger partial charge in [0.25, 0.3) is 5.91 Å². The predicted octanol–water partition coefficient (Wildman–Crippen LogP) is 3.93. The molecule has 106 valence electrons. The predicted molar refractivity (Wildman–Crippen MR) is 86.7 cm³/mol. The van der Waals surface area contributed by atoms with Crippen LogP contribution in [0.3, 0.4) is 0 Å². The zero-order valence-electron chi connectivity index (χ0n) is 11.5. The number of hydrogen-bond donors (Lipinski definition) is 1. The minimum atomic E-state index is -0.317. The van der Waals surface area contributed by atoms with Crippen molar-refractivity contribution >= 4 is 22.9 Å². The van der Waals surface area contributed by atoms with Crippen molar-refractivity contribution in [1.82, 2.24) is 4.98 Å². The van der Waals surface area contributed by atoms with Crippen LogP contribution in [0.2, 0.25) is 0 Å². The molecule has 22 heavy (non-hydrogen) atoms. The largest absolute Gasteiger partial charge is 0.319 e. The first-order valence-electron chi connectivity index (χ1n) is 6.59. The van der Waals surface area contributed by atoms with E-state index in [-0.39, 0.29) is 5.91 Å². The van der Waals surface area contributed by atoms with Gasteiger partial charge in [-0.2, -0.15) is 5.26 Å². The van der Waals surface area contributed by atoms with E-state index in [0.717, 1.165) is 10.4 Å². The molecular weight excluding hydrogens is 294 g/mol. The van der Waals surface area contributed by atoms with Crippen molar-refractivity contribution in [3.8, 4) is 16.5 Å². The van der Waals surface area contributed by atoms with Gasteiger partial charge in [-0.15, -0.1) is 11.3 Å². The van der Waals surface area contributed by atoms with Gasteiger partial charge in [0.05, 0.1) is 21.6 Å². The highest BCUT2D eigenvalue weighted by molar-refractivity contribution is 7.13. The number of anilines is 1. The van der Waals surface area contributed by atoms with Gasteiger partial charge in [-0.3, -0.25) is 4.79 Å². The van der Waals surface area contributed by atoms with Crippen molar-refractivity contribution in [3.63, 3.8) is 0 Å². The summed E-state index contributed by atoms with van der Waals surface area (Å²) >= 11 is 1.41. The molecule has 0 atom stereocenters. The Labute approximate surface area is 131 Å². The third-order valence-corrected chi connectivity index (χ3v) is 3.99. The molecule has 3 rings (SSSR count). The molecule has 1 amide bonds. The number of carbonyl (C=O) groups is 1. The monoisotopic (exact) mass is 305 g/mol. The molecule has 4 nitrogen and oxygen atoms in total. The zero-order chi connectivity index (χ0) is 15.4. The second-order valence-electron chi connectivity index (χ2n) is 4.51. The van der Waals surface area contributed by atoms with Gasteiger partial charge in [-0.1, -0.05) is 42.5 Å². The fourth-order valence-electron chi connectivity index (χ4n) is 2.07. The van der Waals surface area contributed by atoms with E-state index in [0.29, 0.717) is 16.9 Å². The molecular formula is C17H11N3OS. The molecule has 0 spiro atoms. The molecule has 0 fully saturated rings. The number of carbonyl (C=O) groups excluding carboxylic acids is 1. The maximum Gasteiger partial charge on any atom is 0.275 e. The summed E-state index contributed by atoms with van der Waals surface area (Å²) < 4.78 is 0. The fraction of sp³-hybridized carbons (Fsp3) is 0. The molecule has 0 bridgehead atoms. The second-order valence-corrected chi connectivity index (χ2v) is 5.36. The number of thiazole rings is 1. The number of rotatable bonds is 3. The minimum Gasteiger partial charge on any atom is -0.319 e. The molecule has 3 aromatic rings. The van der Waals surface area contributed by atoms with E-state index in [2.05, 4.69) is 16.4 Å². The summed E-state index contributed by atoms with van der Waals surface area (Å²) in [4.78, 5) is 17.4. The van der Waals surface area contributed by atoms with Gasteiger partial charge in [0, 0.05) is 0 Å². The highest BCUT2D eigenvalue weighted by atomic mass is 32.1. The van der Waals surface area contributed by atoms with Crippen molar-refractivity contribution in [1.29, 1.82) is 5.26 Å². The van der Waals surface area contributed by atoms with E-state index >= 15 is 0 Å². The van der Waals surface area contributed by atoms with Crippen LogP contribution in [0, 0.1) is 11.3 Å². The van der Waals surface area contributed by atoms with Crippen LogP contribution in [0.4, 0.5) is 5.69 Å². The van der Waals surface area contributed by atoms with Crippen LogP contribution in [0.15, 0.2) is 60.1 Å². The van der Waals surface area contributed by atoms with Crippen LogP contribution >= 0.6 is 11.3 Å². The minimum absolute atomic E-state index is 0.317. The number of amides is 1. The Morgan fingerprint density at radius 2 is 1.82 bits per heavy atom. The van der Waals surface area contributed by atoms with Crippen LogP contribution in [-0.4, -0.2) is 10.9 Å². The summed E-state index contributed by atoms with van der Waals surface area (Å²) in [7, 11) is 0. The van der Waals surface area contributed by atoms with Gasteiger partial charge in [-0.05, 0) is 17.7 Å². The Hall–Kier alpha value is -2.97. The third-order valence-electron chi connectivity index (χ3n) is 3.11. The summed E-state index contributed by atoms with van der Waals surface area (Å²) in [5.41, 5.74) is 3.87. The van der Waals surface area contributed by atoms with E-state index in [1.807, 2.05) is 30.3 Å². The molecule has 0 radical (unpaired) electrons. The molecule has 1 N–H and O–H groups in total. The standard InChI is InChI=1S/C17H11N3OS/c18-10-13-8-4-5-9-14(13)20-17(21)15-16(22-11-19-15)12-6-2-1-3-7-12/h1-9,11H,(H,20,21). The quantitative estimate of drug-likeness (QED) is 0.797. The lowest BCUT2D eigenvalue weighted by Crippen LogP contribution is -2.14. The summed E-state index contributed by atoms with van der Waals surface area (Å²) in [6.07, 6.45) is 0. The number of hydrogen-bond acceptors (Lipinski definition) is 4. The third kappa shape index (κ3) is 2.73. The topological polar surface area (TPSA) is 65.8 Å². The Morgan fingerprint density at radius 3 is 2.59 bits per heavy atom. The van der Waals surface area contributed by atoms with E-state index in [4.69, 9.17) is 5.26 Å². The van der Waals surface area contributed by atoms with Crippen molar-refractivity contribution < 1.29 is 4.79 Å². The number of aromatic nitrogens is 1. The van der Waals surface area contributed by atoms with Gasteiger partial charge < -0.3 is 5.32 Å². The van der Waals surface area contributed by atoms with Crippen molar-refractivity contribution in [2.24, 2.45) is 0 Å². The Kier molecular flexibility index (Phi) is 3.95. The van der Waals surface area contributed by atoms with E-state index < -0.39 is 0 Å². The first-order chi connectivity index (χ1) is 10.8. The average Bonchev–Trinajstić information content (AvgIpc) is 3.06. The van der Waals surface area contributed by atoms with E-state index in [9.17, 15) is 4.79 Å². The first kappa shape index (κ1) is 14.0. The molecule has 0 saturated carbocycles. The summed E-state index contributed by atoms with van der Waals surface area (Å²) in [5.74, 6) is -0.317. The zero-order valence-corrected chi connectivity index (χ0v) is 12.3. The smallest absolute Gasteiger partial charge is 0.275 e. The van der Waals surface area contributed by atoms with Crippen LogP contribution in [0.5, 0.6) is 0 Å². The molecule has 1 aromatic heterocycles. The molecule has 2 aromatic carbocycles. The SMILES string of the molecule is N#Cc1ccccc1NC(=O)c1ncsc1-c1ccccc1. The summed E-state index contributed by atoms with van der Waals surface area (Å²) in [5, 5.41) is 11.8. The van der Waals surface area contributed by atoms with Gasteiger partial charge in [0.15, 0.2) is 0 Å². The Bertz CT molecular complexity index is 850. The number of nitrogens with one attached hydrogen (secondary N) is 1. The van der Waals surface area contributed by atoms with Gasteiger partial charge in [0.2, 0.25) is 0 Å². The van der Waals surface area contributed by atoms with Gasteiger partial charge in [-0.25, -0.2) is 4.98 Å². The molecule has 0 aliphatic heterocycles. The Balaban J connectivity index is 1.92. The number of para-hydroxylation sites is 1. The number of nitrogens with zero attached hydrogens (tertiary/aromatic N) is 2. The van der Waals surface area contributed by atoms with Crippen LogP contribution in [-0.2, 0) is 0 Å². The maximum atomic E-state index is 12.5. The lowest BCUT2D eigenvalue weighted by molar-refractivity contribution is 0.102. The Morgan fingerprint density at radius 1 is 1.09 bits per heavy atom. The van der Waals surface area contributed by atoms with Crippen molar-refractivity contribution in [3.05, 3.63) is 71.4 Å². The van der Waals surface area contributed by atoms with E-state index in [1.54, 1.807) is 29.8 Å². The first-order valence-corrected chi connectivity index (χ1v) is 7.47. The molecule has 5 heteroatoms. The van der Waals surface area contributed by atoms with E-state index in [1.165, 1.54) is 11.3 Å². The van der Waals surface area contributed by atoms with Gasteiger partial charge >= 0.3 is 0 Å². The molecule has 0 unspecified atom stereocenters. The average molecular weight is 305 g/mol.